The molecule has 2 heteroatoms. The Morgan fingerprint density at radius 2 is 1.67 bits per heavy atom. The van der Waals surface area contributed by atoms with Gasteiger partial charge in [-0.05, 0) is 18.8 Å². The summed E-state index contributed by atoms with van der Waals surface area (Å²) in [5.41, 5.74) is 0. The van der Waals surface area contributed by atoms with Gasteiger partial charge in [-0.25, -0.2) is 0 Å². The van der Waals surface area contributed by atoms with E-state index in [9.17, 15) is 0 Å². The van der Waals surface area contributed by atoms with Gasteiger partial charge in [-0.15, -0.1) is 11.6 Å². The van der Waals surface area contributed by atoms with Crippen LogP contribution in [0.2, 0.25) is 0 Å². The minimum Gasteiger partial charge on any atom is -0.396 e. The number of aliphatic hydroxyl groups excluding tert-OH is 1. The molecule has 12 heavy (non-hydrogen) atoms. The van der Waals surface area contributed by atoms with Crippen LogP contribution < -0.4 is 0 Å². The van der Waals surface area contributed by atoms with Crippen LogP contribution >= 0.6 is 11.6 Å². The SMILES string of the molecule is C[C@@H](CO)CCCCCCCCl. The Balaban J connectivity index is 2.90. The summed E-state index contributed by atoms with van der Waals surface area (Å²) in [6.45, 7) is 2.43. The van der Waals surface area contributed by atoms with E-state index in [0.717, 1.165) is 18.7 Å². The largest absolute Gasteiger partial charge is 0.396 e. The average Bonchev–Trinajstić information content (AvgIpc) is 2.10. The predicted octanol–water partition coefficient (Wildman–Crippen LogP) is 3.19. The van der Waals surface area contributed by atoms with E-state index in [0.29, 0.717) is 12.5 Å². The third-order valence-corrected chi connectivity index (χ3v) is 2.41. The van der Waals surface area contributed by atoms with Crippen LogP contribution in [-0.2, 0) is 0 Å². The van der Waals surface area contributed by atoms with Crippen molar-refractivity contribution >= 4 is 11.6 Å². The first-order chi connectivity index (χ1) is 5.81. The summed E-state index contributed by atoms with van der Waals surface area (Å²) in [4.78, 5) is 0. The van der Waals surface area contributed by atoms with Crippen LogP contribution in [0.5, 0.6) is 0 Å². The van der Waals surface area contributed by atoms with Crippen molar-refractivity contribution in [2.24, 2.45) is 5.92 Å². The van der Waals surface area contributed by atoms with Gasteiger partial charge in [0.2, 0.25) is 0 Å². The Morgan fingerprint density at radius 3 is 2.25 bits per heavy atom. The molecule has 0 rings (SSSR count). The second-order valence-electron chi connectivity index (χ2n) is 3.53. The van der Waals surface area contributed by atoms with E-state index < -0.39 is 0 Å². The molecular formula is C10H21ClO. The molecule has 1 nitrogen and oxygen atoms in total. The van der Waals surface area contributed by atoms with Gasteiger partial charge in [0, 0.05) is 12.5 Å². The lowest BCUT2D eigenvalue weighted by Gasteiger charge is -2.06. The van der Waals surface area contributed by atoms with Crippen LogP contribution in [0.25, 0.3) is 0 Å². The molecule has 0 unspecified atom stereocenters. The average molecular weight is 193 g/mol. The van der Waals surface area contributed by atoms with Crippen molar-refractivity contribution in [2.45, 2.75) is 45.4 Å². The van der Waals surface area contributed by atoms with Crippen LogP contribution in [0.15, 0.2) is 0 Å². The normalized spacial score (nSPS) is 13.2. The highest BCUT2D eigenvalue weighted by molar-refractivity contribution is 6.17. The van der Waals surface area contributed by atoms with Gasteiger partial charge in [-0.3, -0.25) is 0 Å². The lowest BCUT2D eigenvalue weighted by molar-refractivity contribution is 0.227. The van der Waals surface area contributed by atoms with Gasteiger partial charge in [-0.2, -0.15) is 0 Å². The third-order valence-electron chi connectivity index (χ3n) is 2.14. The van der Waals surface area contributed by atoms with Gasteiger partial charge in [0.25, 0.3) is 0 Å². The molecule has 1 N–H and O–H groups in total. The van der Waals surface area contributed by atoms with Gasteiger partial charge in [0.05, 0.1) is 0 Å². The smallest absolute Gasteiger partial charge is 0.0456 e. The number of halogens is 1. The molecule has 0 saturated heterocycles. The molecule has 0 aromatic rings. The van der Waals surface area contributed by atoms with Gasteiger partial charge < -0.3 is 5.11 Å². The molecule has 0 aromatic carbocycles. The van der Waals surface area contributed by atoms with Gasteiger partial charge >= 0.3 is 0 Å². The standard InChI is InChI=1S/C10H21ClO/c1-10(9-12)7-5-3-2-4-6-8-11/h10,12H,2-9H2,1H3/t10-/m1/s1. The zero-order chi connectivity index (χ0) is 9.23. The van der Waals surface area contributed by atoms with E-state index >= 15 is 0 Å². The Kier molecular flexibility index (Phi) is 9.53. The van der Waals surface area contributed by atoms with E-state index in [2.05, 4.69) is 6.92 Å². The van der Waals surface area contributed by atoms with Crippen LogP contribution in [0.4, 0.5) is 0 Å². The predicted molar refractivity (Wildman–Crippen MR) is 54.7 cm³/mol. The molecule has 0 amide bonds. The van der Waals surface area contributed by atoms with Gasteiger partial charge in [-0.1, -0.05) is 32.6 Å². The van der Waals surface area contributed by atoms with E-state index in [1.165, 1.54) is 25.7 Å². The molecule has 0 spiro atoms. The van der Waals surface area contributed by atoms with Gasteiger partial charge in [0.15, 0.2) is 0 Å². The second kappa shape index (κ2) is 9.34. The van der Waals surface area contributed by atoms with Crippen molar-refractivity contribution in [1.29, 1.82) is 0 Å². The molecule has 0 bridgehead atoms. The highest BCUT2D eigenvalue weighted by Crippen LogP contribution is 2.10. The molecule has 0 aliphatic heterocycles. The molecule has 0 aliphatic rings. The van der Waals surface area contributed by atoms with Crippen LogP contribution in [0, 0.1) is 5.92 Å². The molecule has 0 saturated carbocycles. The maximum Gasteiger partial charge on any atom is 0.0456 e. The van der Waals surface area contributed by atoms with E-state index in [4.69, 9.17) is 16.7 Å². The lowest BCUT2D eigenvalue weighted by atomic mass is 10.0. The molecule has 0 radical (unpaired) electrons. The topological polar surface area (TPSA) is 20.2 Å². The number of hydrogen-bond donors (Lipinski definition) is 1. The van der Waals surface area contributed by atoms with E-state index in [-0.39, 0.29) is 0 Å². The fraction of sp³-hybridized carbons (Fsp3) is 1.00. The van der Waals surface area contributed by atoms with Crippen LogP contribution in [-0.4, -0.2) is 17.6 Å². The second-order valence-corrected chi connectivity index (χ2v) is 3.91. The summed E-state index contributed by atoms with van der Waals surface area (Å²) in [6, 6.07) is 0. The Hall–Kier alpha value is 0.250. The summed E-state index contributed by atoms with van der Waals surface area (Å²) in [5.74, 6) is 1.28. The quantitative estimate of drug-likeness (QED) is 0.463. The minimum atomic E-state index is 0.335. The molecule has 0 aliphatic carbocycles. The lowest BCUT2D eigenvalue weighted by Crippen LogP contribution is -1.99. The highest BCUT2D eigenvalue weighted by atomic mass is 35.5. The minimum absolute atomic E-state index is 0.335. The molecule has 1 atom stereocenters. The van der Waals surface area contributed by atoms with E-state index in [1.54, 1.807) is 0 Å². The van der Waals surface area contributed by atoms with Crippen molar-refractivity contribution in [3.05, 3.63) is 0 Å². The first-order valence-electron chi connectivity index (χ1n) is 4.98. The molecular weight excluding hydrogens is 172 g/mol. The summed E-state index contributed by atoms with van der Waals surface area (Å²) < 4.78 is 0. The number of alkyl halides is 1. The van der Waals surface area contributed by atoms with Gasteiger partial charge in [0.1, 0.15) is 0 Å². The maximum atomic E-state index is 8.76. The van der Waals surface area contributed by atoms with E-state index in [1.807, 2.05) is 0 Å². The van der Waals surface area contributed by atoms with Crippen molar-refractivity contribution in [3.8, 4) is 0 Å². The molecule has 0 heterocycles. The fourth-order valence-corrected chi connectivity index (χ4v) is 1.40. The molecule has 0 fully saturated rings. The van der Waals surface area contributed by atoms with Crippen molar-refractivity contribution < 1.29 is 5.11 Å². The summed E-state index contributed by atoms with van der Waals surface area (Å²) in [6.07, 6.45) is 7.42. The monoisotopic (exact) mass is 192 g/mol. The van der Waals surface area contributed by atoms with Crippen LogP contribution in [0.3, 0.4) is 0 Å². The summed E-state index contributed by atoms with van der Waals surface area (Å²) in [7, 11) is 0. The number of aliphatic hydroxyl groups is 1. The zero-order valence-electron chi connectivity index (χ0n) is 8.06. The first kappa shape index (κ1) is 12.2. The Labute approximate surface area is 81.1 Å². The van der Waals surface area contributed by atoms with Crippen molar-refractivity contribution in [1.82, 2.24) is 0 Å². The number of rotatable bonds is 8. The molecule has 0 aromatic heterocycles. The molecule has 74 valence electrons. The van der Waals surface area contributed by atoms with Crippen LogP contribution in [0.1, 0.15) is 45.4 Å². The van der Waals surface area contributed by atoms with Crippen molar-refractivity contribution in [2.75, 3.05) is 12.5 Å². The number of hydrogen-bond acceptors (Lipinski definition) is 1. The number of unbranched alkanes of at least 4 members (excludes halogenated alkanes) is 4. The Bertz CT molecular complexity index is 85.9. The summed E-state index contributed by atoms with van der Waals surface area (Å²) >= 11 is 5.55. The first-order valence-corrected chi connectivity index (χ1v) is 5.51. The fourth-order valence-electron chi connectivity index (χ4n) is 1.21. The third kappa shape index (κ3) is 8.35. The Morgan fingerprint density at radius 1 is 1.08 bits per heavy atom. The summed E-state index contributed by atoms with van der Waals surface area (Å²) in [5, 5.41) is 8.76. The maximum absolute atomic E-state index is 8.76. The van der Waals surface area contributed by atoms with Crippen molar-refractivity contribution in [3.63, 3.8) is 0 Å². The highest BCUT2D eigenvalue weighted by Gasteiger charge is 1.98. The zero-order valence-corrected chi connectivity index (χ0v) is 8.82.